The molecule has 0 bridgehead atoms. The van der Waals surface area contributed by atoms with E-state index >= 15 is 0 Å². The zero-order valence-electron chi connectivity index (χ0n) is 14.4. The summed E-state index contributed by atoms with van der Waals surface area (Å²) in [4.78, 5) is 18.2. The number of nitrogens with one attached hydrogen (secondary N) is 1. The molecule has 0 aromatic heterocycles. The summed E-state index contributed by atoms with van der Waals surface area (Å²) in [5.74, 6) is -0.346. The Labute approximate surface area is 149 Å². The third-order valence-corrected chi connectivity index (χ3v) is 4.03. The van der Waals surface area contributed by atoms with Crippen molar-refractivity contribution in [1.82, 2.24) is 10.2 Å². The summed E-state index contributed by atoms with van der Waals surface area (Å²) in [5, 5.41) is 12.9. The molecule has 1 aliphatic heterocycles. The number of aliphatic hydroxyl groups is 1. The number of benzene rings is 1. The van der Waals surface area contributed by atoms with Gasteiger partial charge >= 0.3 is 0 Å². The van der Waals surface area contributed by atoms with Crippen molar-refractivity contribution in [1.29, 1.82) is 0 Å². The highest BCUT2D eigenvalue weighted by Crippen LogP contribution is 2.18. The predicted octanol–water partition coefficient (Wildman–Crippen LogP) is 1.85. The highest BCUT2D eigenvalue weighted by Gasteiger charge is 2.19. The van der Waals surface area contributed by atoms with Gasteiger partial charge in [0.2, 0.25) is 0 Å². The van der Waals surface area contributed by atoms with Crippen molar-refractivity contribution in [2.24, 2.45) is 4.99 Å². The molecule has 1 aromatic carbocycles. The number of aliphatic imine (C=N–C) groups is 1. The monoisotopic (exact) mass is 339 g/mol. The molecule has 2 N–H and O–H groups in total. The lowest BCUT2D eigenvalue weighted by molar-refractivity contribution is -0.115. The molecule has 0 spiro atoms. The van der Waals surface area contributed by atoms with E-state index in [2.05, 4.69) is 46.6 Å². The van der Waals surface area contributed by atoms with Gasteiger partial charge in [-0.25, -0.2) is 0 Å². The first-order chi connectivity index (χ1) is 12.1. The molecule has 25 heavy (non-hydrogen) atoms. The first-order valence-corrected chi connectivity index (χ1v) is 8.37. The number of fused-ring (bicyclic) bond motifs is 1. The second kappa shape index (κ2) is 9.71. The third-order valence-electron chi connectivity index (χ3n) is 4.03. The van der Waals surface area contributed by atoms with Gasteiger partial charge in [0.05, 0.1) is 6.10 Å². The summed E-state index contributed by atoms with van der Waals surface area (Å²) in [6.07, 6.45) is 6.40. The van der Waals surface area contributed by atoms with Gasteiger partial charge in [-0.15, -0.1) is 0 Å². The van der Waals surface area contributed by atoms with Crippen molar-refractivity contribution in [3.05, 3.63) is 73.0 Å². The summed E-state index contributed by atoms with van der Waals surface area (Å²) in [6.45, 7) is 9.49. The Balaban J connectivity index is 1.82. The number of amides is 1. The summed E-state index contributed by atoms with van der Waals surface area (Å²) in [7, 11) is 0. The van der Waals surface area contributed by atoms with Crippen molar-refractivity contribution in [2.75, 3.05) is 19.6 Å². The van der Waals surface area contributed by atoms with Gasteiger partial charge in [0.1, 0.15) is 5.71 Å². The Bertz CT molecular complexity index is 679. The quantitative estimate of drug-likeness (QED) is 0.561. The van der Waals surface area contributed by atoms with E-state index in [9.17, 15) is 9.90 Å². The number of carbonyl (C=O) groups is 1. The largest absolute Gasteiger partial charge is 0.390 e. The molecule has 1 aliphatic rings. The van der Waals surface area contributed by atoms with Gasteiger partial charge in [0.25, 0.3) is 5.91 Å². The number of allylic oxidation sites excluding steroid dienone is 2. The van der Waals surface area contributed by atoms with Gasteiger partial charge in [0, 0.05) is 32.4 Å². The first kappa shape index (κ1) is 18.8. The van der Waals surface area contributed by atoms with E-state index in [0.717, 1.165) is 19.5 Å². The number of hydrogen-bond acceptors (Lipinski definition) is 4. The number of hydrogen-bond donors (Lipinski definition) is 2. The Kier molecular flexibility index (Phi) is 7.32. The van der Waals surface area contributed by atoms with Crippen LogP contribution in [0, 0.1) is 0 Å². The average molecular weight is 339 g/mol. The lowest BCUT2D eigenvalue weighted by atomic mass is 10.00. The maximum atomic E-state index is 12.1. The molecule has 2 rings (SSSR count). The second-order valence-electron chi connectivity index (χ2n) is 5.91. The van der Waals surface area contributed by atoms with Crippen molar-refractivity contribution in [2.45, 2.75) is 19.1 Å². The van der Waals surface area contributed by atoms with E-state index in [1.807, 2.05) is 6.07 Å². The number of rotatable bonds is 8. The van der Waals surface area contributed by atoms with E-state index in [1.165, 1.54) is 17.3 Å². The van der Waals surface area contributed by atoms with Gasteiger partial charge < -0.3 is 10.4 Å². The normalized spacial score (nSPS) is 16.3. The Morgan fingerprint density at radius 1 is 1.36 bits per heavy atom. The van der Waals surface area contributed by atoms with Gasteiger partial charge in [-0.3, -0.25) is 14.7 Å². The summed E-state index contributed by atoms with van der Waals surface area (Å²) >= 11 is 0. The third kappa shape index (κ3) is 5.81. The van der Waals surface area contributed by atoms with E-state index in [1.54, 1.807) is 18.2 Å². The molecule has 1 atom stereocenters. The predicted molar refractivity (Wildman–Crippen MR) is 101 cm³/mol. The van der Waals surface area contributed by atoms with E-state index in [-0.39, 0.29) is 18.2 Å². The van der Waals surface area contributed by atoms with Crippen LogP contribution in [0.5, 0.6) is 0 Å². The Hall–Kier alpha value is -2.50. The number of β-amino-alcohol motifs (C(OH)–C–C–N with tert-alkyl or cyclic N) is 1. The van der Waals surface area contributed by atoms with Crippen LogP contribution in [-0.4, -0.2) is 47.4 Å². The Morgan fingerprint density at radius 2 is 2.12 bits per heavy atom. The summed E-state index contributed by atoms with van der Waals surface area (Å²) in [6, 6.07) is 8.37. The van der Waals surface area contributed by atoms with Crippen LogP contribution in [0.1, 0.15) is 11.1 Å². The molecular weight excluding hydrogens is 314 g/mol. The molecule has 0 fully saturated rings. The fraction of sp³-hybridized carbons (Fsp3) is 0.300. The number of aliphatic hydroxyl groups excluding tert-OH is 1. The number of carbonyl (C=O) groups excluding carboxylic acids is 1. The molecular formula is C20H25N3O2. The van der Waals surface area contributed by atoms with Crippen LogP contribution in [0.4, 0.5) is 0 Å². The topological polar surface area (TPSA) is 64.9 Å². The Morgan fingerprint density at radius 3 is 2.84 bits per heavy atom. The van der Waals surface area contributed by atoms with Crippen LogP contribution in [0.25, 0.3) is 0 Å². The van der Waals surface area contributed by atoms with Crippen LogP contribution >= 0.6 is 0 Å². The minimum atomic E-state index is -0.637. The van der Waals surface area contributed by atoms with Gasteiger partial charge in [0.15, 0.2) is 0 Å². The van der Waals surface area contributed by atoms with E-state index in [4.69, 9.17) is 0 Å². The van der Waals surface area contributed by atoms with Crippen molar-refractivity contribution < 1.29 is 9.90 Å². The smallest absolute Gasteiger partial charge is 0.269 e. The first-order valence-electron chi connectivity index (χ1n) is 8.37. The molecule has 5 nitrogen and oxygen atoms in total. The average Bonchev–Trinajstić information content (AvgIpc) is 2.63. The summed E-state index contributed by atoms with van der Waals surface area (Å²) in [5.41, 5.74) is 2.91. The van der Waals surface area contributed by atoms with E-state index < -0.39 is 6.10 Å². The van der Waals surface area contributed by atoms with Gasteiger partial charge in [-0.2, -0.15) is 0 Å². The van der Waals surface area contributed by atoms with Crippen molar-refractivity contribution in [3.8, 4) is 0 Å². The zero-order valence-corrected chi connectivity index (χ0v) is 14.4. The molecule has 1 aromatic rings. The van der Waals surface area contributed by atoms with Crippen LogP contribution in [-0.2, 0) is 17.8 Å². The van der Waals surface area contributed by atoms with E-state index in [0.29, 0.717) is 6.54 Å². The molecule has 0 aliphatic carbocycles. The highest BCUT2D eigenvalue weighted by atomic mass is 16.3. The lowest BCUT2D eigenvalue weighted by Crippen LogP contribution is -2.43. The molecule has 0 saturated heterocycles. The molecule has 0 radical (unpaired) electrons. The maximum absolute atomic E-state index is 12.1. The molecule has 1 amide bonds. The molecule has 0 saturated carbocycles. The lowest BCUT2D eigenvalue weighted by Gasteiger charge is -2.30. The van der Waals surface area contributed by atoms with Crippen molar-refractivity contribution >= 4 is 11.6 Å². The number of nitrogens with zero attached hydrogens (tertiary/aromatic N) is 2. The fourth-order valence-corrected chi connectivity index (χ4v) is 2.81. The molecule has 0 unspecified atom stereocenters. The SMILES string of the molecule is C=C/C=C\C(=NC=C)C(=O)NC[C@@H](O)CN1CCc2ccccc2C1. The van der Waals surface area contributed by atoms with Crippen LogP contribution in [0.3, 0.4) is 0 Å². The maximum Gasteiger partial charge on any atom is 0.269 e. The second-order valence-corrected chi connectivity index (χ2v) is 5.91. The molecule has 132 valence electrons. The standard InChI is InChI=1S/C20H25N3O2/c1-3-5-10-19(21-4-2)20(25)22-13-18(24)15-23-12-11-16-8-6-7-9-17(16)14-23/h3-10,18,24H,1-2,11-15H2,(H,22,25)/b10-5-,21-19?/t18-/m1/s1. The van der Waals surface area contributed by atoms with Gasteiger partial charge in [-0.1, -0.05) is 49.6 Å². The fourth-order valence-electron chi connectivity index (χ4n) is 2.81. The zero-order chi connectivity index (χ0) is 18.1. The highest BCUT2D eigenvalue weighted by molar-refractivity contribution is 6.43. The van der Waals surface area contributed by atoms with Crippen LogP contribution in [0.2, 0.25) is 0 Å². The van der Waals surface area contributed by atoms with Crippen LogP contribution in [0.15, 0.2) is 66.8 Å². The molecule has 1 heterocycles. The summed E-state index contributed by atoms with van der Waals surface area (Å²) < 4.78 is 0. The van der Waals surface area contributed by atoms with Crippen molar-refractivity contribution in [3.63, 3.8) is 0 Å². The molecule has 5 heteroatoms. The minimum Gasteiger partial charge on any atom is -0.390 e. The van der Waals surface area contributed by atoms with Crippen LogP contribution < -0.4 is 5.32 Å². The van der Waals surface area contributed by atoms with Gasteiger partial charge in [-0.05, 0) is 23.6 Å². The minimum absolute atomic E-state index is 0.176.